The second kappa shape index (κ2) is 3.30. The van der Waals surface area contributed by atoms with E-state index in [1.165, 1.54) is 19.3 Å². The van der Waals surface area contributed by atoms with Gasteiger partial charge in [0.1, 0.15) is 5.54 Å². The largest absolute Gasteiger partial charge is 0.467 e. The predicted molar refractivity (Wildman–Crippen MR) is 54.4 cm³/mol. The maximum absolute atomic E-state index is 11.5. The quantitative estimate of drug-likeness (QED) is 0.379. The van der Waals surface area contributed by atoms with Crippen LogP contribution in [0.15, 0.2) is 23.4 Å². The van der Waals surface area contributed by atoms with Gasteiger partial charge in [0.05, 0.1) is 7.11 Å². The fourth-order valence-electron chi connectivity index (χ4n) is 1.94. The third kappa shape index (κ3) is 1.44. The van der Waals surface area contributed by atoms with E-state index in [1.54, 1.807) is 6.92 Å². The van der Waals surface area contributed by atoms with Gasteiger partial charge in [-0.3, -0.25) is 9.59 Å². The van der Waals surface area contributed by atoms with E-state index < -0.39 is 23.1 Å². The van der Waals surface area contributed by atoms with E-state index in [9.17, 15) is 14.4 Å². The first-order chi connectivity index (χ1) is 7.46. The number of fused-ring (bicyclic) bond motifs is 1. The Balaban J connectivity index is 2.35. The van der Waals surface area contributed by atoms with Crippen molar-refractivity contribution in [1.29, 1.82) is 0 Å². The van der Waals surface area contributed by atoms with E-state index in [0.29, 0.717) is 17.7 Å². The highest BCUT2D eigenvalue weighted by atomic mass is 16.5. The van der Waals surface area contributed by atoms with Crippen LogP contribution < -0.4 is 5.32 Å². The normalized spacial score (nSPS) is 27.9. The summed E-state index contributed by atoms with van der Waals surface area (Å²) in [5.41, 5.74) is 0.326. The van der Waals surface area contributed by atoms with Crippen LogP contribution in [0.1, 0.15) is 13.3 Å². The lowest BCUT2D eigenvalue weighted by molar-refractivity contribution is -0.147. The molecular weight excluding hydrogens is 210 g/mol. The zero-order valence-electron chi connectivity index (χ0n) is 8.99. The van der Waals surface area contributed by atoms with Gasteiger partial charge in [-0.1, -0.05) is 0 Å². The minimum atomic E-state index is -0.892. The third-order valence-electron chi connectivity index (χ3n) is 2.76. The van der Waals surface area contributed by atoms with Gasteiger partial charge in [0.15, 0.2) is 0 Å². The van der Waals surface area contributed by atoms with E-state index in [4.69, 9.17) is 0 Å². The molecule has 0 amide bonds. The van der Waals surface area contributed by atoms with Crippen molar-refractivity contribution < 1.29 is 19.1 Å². The van der Waals surface area contributed by atoms with Crippen molar-refractivity contribution in [2.24, 2.45) is 0 Å². The van der Waals surface area contributed by atoms with Crippen molar-refractivity contribution in [2.75, 3.05) is 7.11 Å². The summed E-state index contributed by atoms with van der Waals surface area (Å²) in [4.78, 5) is 33.9. The molecule has 1 N–H and O–H groups in total. The first kappa shape index (κ1) is 10.6. The number of nitrogens with one attached hydrogen (secondary N) is 1. The summed E-state index contributed by atoms with van der Waals surface area (Å²) >= 11 is 0. The average molecular weight is 221 g/mol. The summed E-state index contributed by atoms with van der Waals surface area (Å²) in [6.07, 6.45) is 2.86. The fraction of sp³-hybridized carbons (Fsp3) is 0.364. The Hall–Kier alpha value is -1.91. The molecular formula is C11H11NO4. The highest BCUT2D eigenvalue weighted by Crippen LogP contribution is 2.33. The van der Waals surface area contributed by atoms with Crippen molar-refractivity contribution in [3.63, 3.8) is 0 Å². The summed E-state index contributed by atoms with van der Waals surface area (Å²) in [5.74, 6) is -1.53. The molecule has 0 aromatic carbocycles. The zero-order valence-corrected chi connectivity index (χ0v) is 8.99. The van der Waals surface area contributed by atoms with Gasteiger partial charge < -0.3 is 10.1 Å². The van der Waals surface area contributed by atoms with E-state index in [2.05, 4.69) is 10.1 Å². The van der Waals surface area contributed by atoms with Crippen molar-refractivity contribution in [3.8, 4) is 0 Å². The van der Waals surface area contributed by atoms with Crippen LogP contribution in [-0.4, -0.2) is 30.2 Å². The van der Waals surface area contributed by atoms with Gasteiger partial charge in [0.25, 0.3) is 0 Å². The molecule has 0 saturated carbocycles. The van der Waals surface area contributed by atoms with Crippen molar-refractivity contribution >= 4 is 17.5 Å². The Kier molecular flexibility index (Phi) is 2.18. The summed E-state index contributed by atoms with van der Waals surface area (Å²) in [6.45, 7) is 1.67. The zero-order chi connectivity index (χ0) is 11.9. The van der Waals surface area contributed by atoms with Crippen molar-refractivity contribution in [1.82, 2.24) is 5.32 Å². The second-order valence-corrected chi connectivity index (χ2v) is 4.08. The Morgan fingerprint density at radius 3 is 2.62 bits per heavy atom. The lowest BCUT2D eigenvalue weighted by Crippen LogP contribution is -2.44. The van der Waals surface area contributed by atoms with Gasteiger partial charge in [0.2, 0.25) is 11.6 Å². The van der Waals surface area contributed by atoms with Crippen LogP contribution in [0.2, 0.25) is 0 Å². The second-order valence-electron chi connectivity index (χ2n) is 4.08. The summed E-state index contributed by atoms with van der Waals surface area (Å²) < 4.78 is 4.67. The molecule has 0 radical (unpaired) electrons. The molecule has 1 saturated heterocycles. The van der Waals surface area contributed by atoms with Crippen LogP contribution in [0.25, 0.3) is 0 Å². The maximum atomic E-state index is 11.5. The van der Waals surface area contributed by atoms with Gasteiger partial charge in [-0.05, 0) is 18.6 Å². The van der Waals surface area contributed by atoms with Crippen LogP contribution in [-0.2, 0) is 19.1 Å². The summed E-state index contributed by atoms with van der Waals surface area (Å²) in [5, 5.41) is 2.92. The van der Waals surface area contributed by atoms with Crippen LogP contribution in [0.3, 0.4) is 0 Å². The highest BCUT2D eigenvalue weighted by molar-refractivity contribution is 6.46. The van der Waals surface area contributed by atoms with Crippen LogP contribution in [0, 0.1) is 0 Å². The number of carbonyl (C=O) groups is 3. The Morgan fingerprint density at radius 1 is 1.38 bits per heavy atom. The highest BCUT2D eigenvalue weighted by Gasteiger charge is 2.43. The minimum absolute atomic E-state index is 0.352. The molecule has 16 heavy (non-hydrogen) atoms. The monoisotopic (exact) mass is 221 g/mol. The van der Waals surface area contributed by atoms with Gasteiger partial charge >= 0.3 is 5.97 Å². The van der Waals surface area contributed by atoms with Crippen molar-refractivity contribution in [2.45, 2.75) is 18.9 Å². The first-order valence-electron chi connectivity index (χ1n) is 4.84. The molecule has 2 rings (SSSR count). The van der Waals surface area contributed by atoms with Gasteiger partial charge in [-0.15, -0.1) is 0 Å². The Morgan fingerprint density at radius 2 is 2.00 bits per heavy atom. The van der Waals surface area contributed by atoms with Crippen molar-refractivity contribution in [3.05, 3.63) is 23.4 Å². The molecule has 0 spiro atoms. The molecule has 2 aliphatic rings. The van der Waals surface area contributed by atoms with E-state index in [-0.39, 0.29) is 0 Å². The number of hydrogen-bond acceptors (Lipinski definition) is 5. The summed E-state index contributed by atoms with van der Waals surface area (Å²) in [6, 6.07) is 0. The number of ether oxygens (including phenoxy) is 1. The lowest BCUT2D eigenvalue weighted by Gasteiger charge is -2.20. The van der Waals surface area contributed by atoms with E-state index in [0.717, 1.165) is 0 Å². The van der Waals surface area contributed by atoms with Crippen LogP contribution in [0.4, 0.5) is 0 Å². The number of carbonyl (C=O) groups excluding carboxylic acids is 3. The molecule has 0 bridgehead atoms. The molecule has 1 fully saturated rings. The topological polar surface area (TPSA) is 72.5 Å². The average Bonchev–Trinajstić information content (AvgIpc) is 2.55. The minimum Gasteiger partial charge on any atom is -0.467 e. The molecule has 1 heterocycles. The Bertz CT molecular complexity index is 427. The Labute approximate surface area is 92.1 Å². The molecule has 1 aliphatic heterocycles. The number of esters is 1. The van der Waals surface area contributed by atoms with Crippen LogP contribution in [0.5, 0.6) is 0 Å². The van der Waals surface area contributed by atoms with E-state index >= 15 is 0 Å². The molecule has 5 heteroatoms. The van der Waals surface area contributed by atoms with Gasteiger partial charge in [-0.25, -0.2) is 4.79 Å². The lowest BCUT2D eigenvalue weighted by atomic mass is 9.95. The predicted octanol–water partition coefficient (Wildman–Crippen LogP) is -0.127. The third-order valence-corrected chi connectivity index (χ3v) is 2.76. The molecule has 84 valence electrons. The summed E-state index contributed by atoms with van der Waals surface area (Å²) in [7, 11) is 1.30. The van der Waals surface area contributed by atoms with Crippen LogP contribution >= 0.6 is 0 Å². The number of rotatable bonds is 1. The molecule has 5 nitrogen and oxygen atoms in total. The molecule has 1 aliphatic carbocycles. The first-order valence-corrected chi connectivity index (χ1v) is 4.84. The SMILES string of the molecule is COC(=O)[C@]1(C)CC2=CC(=O)C(=O)C=C2N1. The standard InChI is InChI=1S/C11H11NO4/c1-11(10(15)16-2)5-6-3-8(13)9(14)4-7(6)12-11/h3-4,12H,5H2,1-2H3/t11-/m0/s1. The molecule has 1 atom stereocenters. The van der Waals surface area contributed by atoms with Gasteiger partial charge in [-0.2, -0.15) is 0 Å². The smallest absolute Gasteiger partial charge is 0.331 e. The molecule has 0 aromatic heterocycles. The number of methoxy groups -OCH3 is 1. The number of allylic oxidation sites excluding steroid dienone is 3. The fourth-order valence-corrected chi connectivity index (χ4v) is 1.94. The molecule has 0 aromatic rings. The molecule has 0 unspecified atom stereocenters. The van der Waals surface area contributed by atoms with Gasteiger partial charge in [0, 0.05) is 18.2 Å². The number of hydrogen-bond donors (Lipinski definition) is 1. The number of ketones is 2. The van der Waals surface area contributed by atoms with E-state index in [1.807, 2.05) is 0 Å². The maximum Gasteiger partial charge on any atom is 0.331 e.